The first-order valence-corrected chi connectivity index (χ1v) is 7.20. The molecule has 3 rings (SSSR count). The lowest BCUT2D eigenvalue weighted by Gasteiger charge is -2.07. The molecule has 0 aliphatic heterocycles. The predicted octanol–water partition coefficient (Wildman–Crippen LogP) is 2.45. The fourth-order valence-electron chi connectivity index (χ4n) is 2.32. The van der Waals surface area contributed by atoms with Gasteiger partial charge in [-0.15, -0.1) is 0 Å². The van der Waals surface area contributed by atoms with Crippen molar-refractivity contribution in [2.75, 3.05) is 5.32 Å². The van der Waals surface area contributed by atoms with Gasteiger partial charge in [-0.3, -0.25) is 9.59 Å². The lowest BCUT2D eigenvalue weighted by Crippen LogP contribution is -2.23. The van der Waals surface area contributed by atoms with Gasteiger partial charge in [0, 0.05) is 24.7 Å². The van der Waals surface area contributed by atoms with Crippen LogP contribution in [0.4, 0.5) is 5.69 Å². The van der Waals surface area contributed by atoms with Crippen molar-refractivity contribution < 1.29 is 9.59 Å². The monoisotopic (exact) mass is 308 g/mol. The Hall–Kier alpha value is -3.15. The molecule has 0 radical (unpaired) electrons. The van der Waals surface area contributed by atoms with Crippen LogP contribution in [0.3, 0.4) is 0 Å². The Morgan fingerprint density at radius 2 is 2.04 bits per heavy atom. The molecule has 3 N–H and O–H groups in total. The van der Waals surface area contributed by atoms with Gasteiger partial charge in [0.1, 0.15) is 0 Å². The molecule has 0 saturated heterocycles. The van der Waals surface area contributed by atoms with Crippen LogP contribution in [0.1, 0.15) is 22.8 Å². The van der Waals surface area contributed by atoms with Crippen LogP contribution in [0.15, 0.2) is 48.8 Å². The van der Waals surface area contributed by atoms with E-state index in [9.17, 15) is 9.59 Å². The number of carbonyl (C=O) groups excluding carboxylic acids is 2. The fraction of sp³-hybridized carbons (Fsp3) is 0.118. The van der Waals surface area contributed by atoms with E-state index in [-0.39, 0.29) is 11.8 Å². The van der Waals surface area contributed by atoms with Gasteiger partial charge in [-0.25, -0.2) is 4.98 Å². The fourth-order valence-corrected chi connectivity index (χ4v) is 2.32. The number of amides is 2. The van der Waals surface area contributed by atoms with E-state index in [1.165, 1.54) is 6.92 Å². The Labute approximate surface area is 132 Å². The number of hydrogen-bond donors (Lipinski definition) is 3. The predicted molar refractivity (Wildman–Crippen MR) is 88.0 cm³/mol. The number of aromatic nitrogens is 2. The summed E-state index contributed by atoms with van der Waals surface area (Å²) in [4.78, 5) is 30.5. The second-order valence-electron chi connectivity index (χ2n) is 5.20. The molecule has 0 aliphatic rings. The molecule has 2 aromatic carbocycles. The SMILES string of the molecule is CC(=O)Nc1cccc(C(=O)NCc2ccc3nc[nH]c3c2)c1. The number of aromatic amines is 1. The van der Waals surface area contributed by atoms with Crippen molar-refractivity contribution in [1.29, 1.82) is 0 Å². The minimum Gasteiger partial charge on any atom is -0.348 e. The van der Waals surface area contributed by atoms with E-state index in [1.807, 2.05) is 18.2 Å². The normalized spacial score (nSPS) is 10.5. The topological polar surface area (TPSA) is 86.9 Å². The van der Waals surface area contributed by atoms with E-state index in [0.717, 1.165) is 16.6 Å². The van der Waals surface area contributed by atoms with E-state index in [0.29, 0.717) is 17.8 Å². The highest BCUT2D eigenvalue weighted by Gasteiger charge is 2.07. The van der Waals surface area contributed by atoms with E-state index in [4.69, 9.17) is 0 Å². The van der Waals surface area contributed by atoms with Crippen molar-refractivity contribution in [3.05, 3.63) is 59.9 Å². The minimum absolute atomic E-state index is 0.171. The largest absolute Gasteiger partial charge is 0.348 e. The molecule has 3 aromatic rings. The quantitative estimate of drug-likeness (QED) is 0.692. The maximum absolute atomic E-state index is 12.2. The number of fused-ring (bicyclic) bond motifs is 1. The molecular weight excluding hydrogens is 292 g/mol. The summed E-state index contributed by atoms with van der Waals surface area (Å²) in [5, 5.41) is 5.53. The molecule has 0 unspecified atom stereocenters. The van der Waals surface area contributed by atoms with Gasteiger partial charge < -0.3 is 15.6 Å². The third kappa shape index (κ3) is 3.55. The molecule has 0 aliphatic carbocycles. The number of nitrogens with one attached hydrogen (secondary N) is 3. The molecule has 116 valence electrons. The highest BCUT2D eigenvalue weighted by atomic mass is 16.2. The zero-order chi connectivity index (χ0) is 16.2. The first kappa shape index (κ1) is 14.8. The van der Waals surface area contributed by atoms with Crippen LogP contribution < -0.4 is 10.6 Å². The van der Waals surface area contributed by atoms with Crippen LogP contribution in [0.2, 0.25) is 0 Å². The average Bonchev–Trinajstić information content (AvgIpc) is 3.00. The molecule has 2 amide bonds. The maximum atomic E-state index is 12.2. The molecule has 0 bridgehead atoms. The number of anilines is 1. The molecule has 0 atom stereocenters. The van der Waals surface area contributed by atoms with Crippen molar-refractivity contribution in [1.82, 2.24) is 15.3 Å². The van der Waals surface area contributed by atoms with Crippen molar-refractivity contribution in [2.24, 2.45) is 0 Å². The summed E-state index contributed by atoms with van der Waals surface area (Å²) in [5.74, 6) is -0.364. The maximum Gasteiger partial charge on any atom is 0.251 e. The molecule has 23 heavy (non-hydrogen) atoms. The van der Waals surface area contributed by atoms with Gasteiger partial charge in [-0.2, -0.15) is 0 Å². The lowest BCUT2D eigenvalue weighted by molar-refractivity contribution is -0.114. The van der Waals surface area contributed by atoms with Crippen molar-refractivity contribution >= 4 is 28.5 Å². The van der Waals surface area contributed by atoms with E-state index in [1.54, 1.807) is 30.6 Å². The molecule has 1 aromatic heterocycles. The number of rotatable bonds is 4. The Balaban J connectivity index is 1.67. The number of nitrogens with zero attached hydrogens (tertiary/aromatic N) is 1. The van der Waals surface area contributed by atoms with Crippen LogP contribution in [0.5, 0.6) is 0 Å². The highest BCUT2D eigenvalue weighted by Crippen LogP contribution is 2.13. The number of carbonyl (C=O) groups is 2. The zero-order valence-corrected chi connectivity index (χ0v) is 12.6. The summed E-state index contributed by atoms with van der Waals surface area (Å²) in [6, 6.07) is 12.6. The number of imidazole rings is 1. The first-order chi connectivity index (χ1) is 11.1. The Bertz CT molecular complexity index is 870. The van der Waals surface area contributed by atoms with Gasteiger partial charge in [0.25, 0.3) is 5.91 Å². The van der Waals surface area contributed by atoms with Crippen LogP contribution >= 0.6 is 0 Å². The number of H-pyrrole nitrogens is 1. The van der Waals surface area contributed by atoms with Crippen molar-refractivity contribution in [3.63, 3.8) is 0 Å². The van der Waals surface area contributed by atoms with Gasteiger partial charge in [0.05, 0.1) is 17.4 Å². The van der Waals surface area contributed by atoms with Crippen molar-refractivity contribution in [3.8, 4) is 0 Å². The lowest BCUT2D eigenvalue weighted by atomic mass is 10.1. The number of benzene rings is 2. The number of hydrogen-bond acceptors (Lipinski definition) is 3. The highest BCUT2D eigenvalue weighted by molar-refractivity contribution is 5.96. The second-order valence-corrected chi connectivity index (χ2v) is 5.20. The third-order valence-electron chi connectivity index (χ3n) is 3.38. The second kappa shape index (κ2) is 6.31. The van der Waals surface area contributed by atoms with Crippen LogP contribution in [0, 0.1) is 0 Å². The molecule has 0 spiro atoms. The van der Waals surface area contributed by atoms with Gasteiger partial charge in [-0.1, -0.05) is 12.1 Å². The molecule has 1 heterocycles. The zero-order valence-electron chi connectivity index (χ0n) is 12.6. The molecule has 0 fully saturated rings. The molecule has 6 nitrogen and oxygen atoms in total. The minimum atomic E-state index is -0.193. The standard InChI is InChI=1S/C17H16N4O2/c1-11(22)21-14-4-2-3-13(8-14)17(23)18-9-12-5-6-15-16(7-12)20-10-19-15/h2-8,10H,9H2,1H3,(H,18,23)(H,19,20)(H,21,22). The Kier molecular flexibility index (Phi) is 4.05. The summed E-state index contributed by atoms with van der Waals surface area (Å²) >= 11 is 0. The van der Waals surface area contributed by atoms with Gasteiger partial charge in [0.15, 0.2) is 0 Å². The van der Waals surface area contributed by atoms with E-state index >= 15 is 0 Å². The third-order valence-corrected chi connectivity index (χ3v) is 3.38. The van der Waals surface area contributed by atoms with Gasteiger partial charge >= 0.3 is 0 Å². The average molecular weight is 308 g/mol. The molecule has 0 saturated carbocycles. The summed E-state index contributed by atoms with van der Waals surface area (Å²) in [6.45, 7) is 1.84. The van der Waals surface area contributed by atoms with Gasteiger partial charge in [-0.05, 0) is 35.9 Å². The van der Waals surface area contributed by atoms with E-state index < -0.39 is 0 Å². The Morgan fingerprint density at radius 1 is 1.17 bits per heavy atom. The summed E-state index contributed by atoms with van der Waals surface area (Å²) in [7, 11) is 0. The Morgan fingerprint density at radius 3 is 2.87 bits per heavy atom. The molecule has 6 heteroatoms. The van der Waals surface area contributed by atoms with Crippen LogP contribution in [0.25, 0.3) is 11.0 Å². The van der Waals surface area contributed by atoms with Crippen LogP contribution in [-0.2, 0) is 11.3 Å². The van der Waals surface area contributed by atoms with Gasteiger partial charge in [0.2, 0.25) is 5.91 Å². The summed E-state index contributed by atoms with van der Waals surface area (Å²) < 4.78 is 0. The molecular formula is C17H16N4O2. The van der Waals surface area contributed by atoms with E-state index in [2.05, 4.69) is 20.6 Å². The summed E-state index contributed by atoms with van der Waals surface area (Å²) in [5.41, 5.74) is 3.91. The smallest absolute Gasteiger partial charge is 0.251 e. The van der Waals surface area contributed by atoms with Crippen molar-refractivity contribution in [2.45, 2.75) is 13.5 Å². The van der Waals surface area contributed by atoms with Crippen LogP contribution in [-0.4, -0.2) is 21.8 Å². The summed E-state index contributed by atoms with van der Waals surface area (Å²) in [6.07, 6.45) is 1.64. The first-order valence-electron chi connectivity index (χ1n) is 7.20.